The van der Waals surface area contributed by atoms with Crippen LogP contribution in [-0.2, 0) is 4.79 Å². The topological polar surface area (TPSA) is 37.3 Å². The summed E-state index contributed by atoms with van der Waals surface area (Å²) in [4.78, 5) is 9.90. The number of thioether (sulfide) groups is 1. The molecule has 0 rings (SSSR count). The van der Waals surface area contributed by atoms with E-state index in [-0.39, 0.29) is 0 Å². The van der Waals surface area contributed by atoms with Gasteiger partial charge in [-0.25, -0.2) is 4.79 Å². The molecule has 0 fully saturated rings. The normalized spacial score (nSPS) is 10.1. The second kappa shape index (κ2) is 5.76. The molecule has 0 spiro atoms. The molecule has 0 aliphatic carbocycles. The molecule has 0 radical (unpaired) electrons. The van der Waals surface area contributed by atoms with Gasteiger partial charge in [0.25, 0.3) is 0 Å². The van der Waals surface area contributed by atoms with E-state index in [1.165, 1.54) is 17.8 Å². The fourth-order valence-electron chi connectivity index (χ4n) is 0.268. The average molecular weight is 194 g/mol. The van der Waals surface area contributed by atoms with Gasteiger partial charge in [0, 0.05) is 11.8 Å². The number of thiocarbonyl (C=S) groups is 1. The number of carboxylic acid groups (broad SMARTS) is 1. The summed E-state index contributed by atoms with van der Waals surface area (Å²) >= 11 is 9.78. The number of aliphatic carboxylic acids is 1. The molecule has 0 unspecified atom stereocenters. The monoisotopic (exact) mass is 194 g/mol. The van der Waals surface area contributed by atoms with Crippen molar-refractivity contribution in [3.05, 3.63) is 12.2 Å². The predicted octanol–water partition coefficient (Wildman–Crippen LogP) is 1.58. The van der Waals surface area contributed by atoms with Gasteiger partial charge in [0.15, 0.2) is 0 Å². The van der Waals surface area contributed by atoms with E-state index in [0.29, 0.717) is 9.28 Å². The first-order valence-electron chi connectivity index (χ1n) is 2.38. The predicted molar refractivity (Wildman–Crippen MR) is 50.8 cm³/mol. The quantitative estimate of drug-likeness (QED) is 0.406. The molecule has 0 atom stereocenters. The molecule has 0 saturated carbocycles. The summed E-state index contributed by atoms with van der Waals surface area (Å²) in [6, 6.07) is 0. The molecule has 0 aromatic rings. The van der Waals surface area contributed by atoms with Gasteiger partial charge in [-0.3, -0.25) is 0 Å². The standard InChI is InChI=1S/C5H6O2S3/c6-4(7)2-1-3-10-5(8)9/h1-2H,3H2,(H,6,7)(H,8,9). The fraction of sp³-hybridized carbons (Fsp3) is 0.200. The Morgan fingerprint density at radius 1 is 1.80 bits per heavy atom. The molecule has 0 bridgehead atoms. The molecule has 0 aromatic carbocycles. The number of hydrogen-bond donors (Lipinski definition) is 2. The van der Waals surface area contributed by atoms with Crippen LogP contribution < -0.4 is 0 Å². The highest BCUT2D eigenvalue weighted by atomic mass is 32.2. The SMILES string of the molecule is O=C(O)C=CCSC(=S)S. The summed E-state index contributed by atoms with van der Waals surface area (Å²) in [5.41, 5.74) is 0. The van der Waals surface area contributed by atoms with E-state index >= 15 is 0 Å². The molecular weight excluding hydrogens is 188 g/mol. The van der Waals surface area contributed by atoms with E-state index in [0.717, 1.165) is 6.08 Å². The molecule has 0 aromatic heterocycles. The summed E-state index contributed by atoms with van der Waals surface area (Å²) < 4.78 is 0.523. The maximum atomic E-state index is 9.90. The molecule has 10 heavy (non-hydrogen) atoms. The molecule has 1 N–H and O–H groups in total. The number of carbonyl (C=O) groups is 1. The van der Waals surface area contributed by atoms with Crippen LogP contribution in [0.3, 0.4) is 0 Å². The molecule has 0 heterocycles. The third-order valence-corrected chi connectivity index (χ3v) is 1.91. The Morgan fingerprint density at radius 2 is 2.40 bits per heavy atom. The van der Waals surface area contributed by atoms with Crippen LogP contribution in [-0.4, -0.2) is 20.4 Å². The summed E-state index contributed by atoms with van der Waals surface area (Å²) in [5.74, 6) is -0.375. The highest BCUT2D eigenvalue weighted by Crippen LogP contribution is 2.06. The zero-order valence-corrected chi connectivity index (χ0v) is 7.51. The third kappa shape index (κ3) is 8.00. The smallest absolute Gasteiger partial charge is 0.328 e. The maximum Gasteiger partial charge on any atom is 0.328 e. The zero-order chi connectivity index (χ0) is 7.98. The van der Waals surface area contributed by atoms with Crippen molar-refractivity contribution in [1.29, 1.82) is 0 Å². The Bertz CT molecular complexity index is 164. The second-order valence-electron chi connectivity index (χ2n) is 1.32. The maximum absolute atomic E-state index is 9.90. The van der Waals surface area contributed by atoms with Crippen molar-refractivity contribution in [2.45, 2.75) is 0 Å². The molecule has 56 valence electrons. The van der Waals surface area contributed by atoms with Crippen molar-refractivity contribution in [2.75, 3.05) is 5.75 Å². The van der Waals surface area contributed by atoms with E-state index in [4.69, 9.17) is 5.11 Å². The van der Waals surface area contributed by atoms with Gasteiger partial charge in [0.1, 0.15) is 3.53 Å². The molecule has 0 aliphatic heterocycles. The highest BCUT2D eigenvalue weighted by molar-refractivity contribution is 8.41. The van der Waals surface area contributed by atoms with Crippen molar-refractivity contribution in [2.24, 2.45) is 0 Å². The van der Waals surface area contributed by atoms with Gasteiger partial charge < -0.3 is 5.11 Å². The Kier molecular flexibility index (Phi) is 5.76. The lowest BCUT2D eigenvalue weighted by molar-refractivity contribution is -0.131. The molecule has 0 saturated heterocycles. The summed E-state index contributed by atoms with van der Waals surface area (Å²) in [5, 5.41) is 8.13. The molecule has 5 heteroatoms. The number of thiol groups is 1. The minimum absolute atomic E-state index is 0.523. The van der Waals surface area contributed by atoms with Crippen molar-refractivity contribution < 1.29 is 9.90 Å². The molecule has 2 nitrogen and oxygen atoms in total. The lowest BCUT2D eigenvalue weighted by Crippen LogP contribution is -1.86. The first kappa shape index (κ1) is 10.0. The lowest BCUT2D eigenvalue weighted by atomic mass is 10.5. The van der Waals surface area contributed by atoms with E-state index in [2.05, 4.69) is 24.8 Å². The van der Waals surface area contributed by atoms with E-state index < -0.39 is 5.97 Å². The zero-order valence-electron chi connectivity index (χ0n) is 4.98. The second-order valence-corrected chi connectivity index (χ2v) is 4.07. The number of hydrogen-bond acceptors (Lipinski definition) is 3. The minimum atomic E-state index is -0.939. The summed E-state index contributed by atoms with van der Waals surface area (Å²) in [6.45, 7) is 0. The minimum Gasteiger partial charge on any atom is -0.478 e. The van der Waals surface area contributed by atoms with E-state index in [9.17, 15) is 4.79 Å². The van der Waals surface area contributed by atoms with Gasteiger partial charge in [-0.15, -0.1) is 24.4 Å². The van der Waals surface area contributed by atoms with Crippen molar-refractivity contribution >= 4 is 46.1 Å². The van der Waals surface area contributed by atoms with Crippen LogP contribution in [0.1, 0.15) is 0 Å². The van der Waals surface area contributed by atoms with Crippen molar-refractivity contribution in [3.8, 4) is 0 Å². The number of carboxylic acids is 1. The van der Waals surface area contributed by atoms with Crippen molar-refractivity contribution in [1.82, 2.24) is 0 Å². The van der Waals surface area contributed by atoms with Gasteiger partial charge in [0.05, 0.1) is 0 Å². The third-order valence-electron chi connectivity index (χ3n) is 0.563. The largest absolute Gasteiger partial charge is 0.478 e. The van der Waals surface area contributed by atoms with Crippen LogP contribution in [0.4, 0.5) is 0 Å². The fourth-order valence-corrected chi connectivity index (χ4v) is 1.03. The first-order chi connectivity index (χ1) is 4.63. The van der Waals surface area contributed by atoms with Gasteiger partial charge >= 0.3 is 5.97 Å². The Balaban J connectivity index is 3.36. The Labute approximate surface area is 74.1 Å². The van der Waals surface area contributed by atoms with Crippen LogP contribution in [0.5, 0.6) is 0 Å². The average Bonchev–Trinajstić information content (AvgIpc) is 1.79. The van der Waals surface area contributed by atoms with Gasteiger partial charge in [-0.05, 0) is 0 Å². The van der Waals surface area contributed by atoms with Gasteiger partial charge in [-0.2, -0.15) is 0 Å². The molecular formula is C5H6O2S3. The van der Waals surface area contributed by atoms with Gasteiger partial charge in [-0.1, -0.05) is 18.3 Å². The molecule has 0 aliphatic rings. The van der Waals surface area contributed by atoms with Crippen LogP contribution in [0, 0.1) is 0 Å². The van der Waals surface area contributed by atoms with Crippen LogP contribution >= 0.6 is 36.6 Å². The van der Waals surface area contributed by atoms with E-state index in [1.54, 1.807) is 0 Å². The van der Waals surface area contributed by atoms with Crippen LogP contribution in [0.2, 0.25) is 0 Å². The first-order valence-corrected chi connectivity index (χ1v) is 4.22. The van der Waals surface area contributed by atoms with Gasteiger partial charge in [0.2, 0.25) is 0 Å². The summed E-state index contributed by atoms with van der Waals surface area (Å²) in [6.07, 6.45) is 2.61. The summed E-state index contributed by atoms with van der Waals surface area (Å²) in [7, 11) is 0. The molecule has 0 amide bonds. The highest BCUT2D eigenvalue weighted by Gasteiger charge is 1.87. The Morgan fingerprint density at radius 3 is 2.80 bits per heavy atom. The van der Waals surface area contributed by atoms with Crippen LogP contribution in [0.15, 0.2) is 12.2 Å². The lowest BCUT2D eigenvalue weighted by Gasteiger charge is -1.87. The Hall–Kier alpha value is -0.000000000000000111. The van der Waals surface area contributed by atoms with E-state index in [1.807, 2.05) is 0 Å². The van der Waals surface area contributed by atoms with Crippen molar-refractivity contribution in [3.63, 3.8) is 0 Å². The number of rotatable bonds is 3. The van der Waals surface area contributed by atoms with Crippen LogP contribution in [0.25, 0.3) is 0 Å².